The van der Waals surface area contributed by atoms with E-state index >= 15 is 0 Å². The summed E-state index contributed by atoms with van der Waals surface area (Å²) in [4.78, 5) is 40.4. The van der Waals surface area contributed by atoms with Gasteiger partial charge in [0.1, 0.15) is 0 Å². The number of rotatable bonds is 6. The predicted octanol–water partition coefficient (Wildman–Crippen LogP) is 3.46. The van der Waals surface area contributed by atoms with E-state index < -0.39 is 0 Å². The zero-order chi connectivity index (χ0) is 22.2. The highest BCUT2D eigenvalue weighted by Crippen LogP contribution is 2.16. The molecule has 0 unspecified atom stereocenters. The number of carbonyl (C=O) groups excluding carboxylic acids is 3. The van der Waals surface area contributed by atoms with E-state index in [0.29, 0.717) is 22.5 Å². The summed E-state index contributed by atoms with van der Waals surface area (Å²) in [5.74, 6) is -0.257. The number of carbonyl (C=O) groups is 3. The fourth-order valence-corrected chi connectivity index (χ4v) is 3.56. The molecule has 0 atom stereocenters. The minimum absolute atomic E-state index is 0.0496. The maximum atomic E-state index is 12.7. The summed E-state index contributed by atoms with van der Waals surface area (Å²) in [6, 6.07) is 14.1. The van der Waals surface area contributed by atoms with E-state index in [0.717, 1.165) is 25.9 Å². The zero-order valence-corrected chi connectivity index (χ0v) is 18.2. The molecule has 0 saturated carbocycles. The Labute approximate surface area is 183 Å². The molecule has 1 aliphatic rings. The number of hydrogen-bond donors (Lipinski definition) is 2. The third kappa shape index (κ3) is 6.31. The number of nitrogens with one attached hydrogen (secondary N) is 2. The molecule has 7 nitrogen and oxygen atoms in total. The van der Waals surface area contributed by atoms with Crippen molar-refractivity contribution < 1.29 is 14.4 Å². The van der Waals surface area contributed by atoms with E-state index in [1.807, 2.05) is 11.0 Å². The first kappa shape index (κ1) is 22.3. The smallest absolute Gasteiger partial charge is 0.253 e. The zero-order valence-electron chi connectivity index (χ0n) is 18.2. The largest absolute Gasteiger partial charge is 0.376 e. The lowest BCUT2D eigenvalue weighted by Gasteiger charge is -2.20. The van der Waals surface area contributed by atoms with Gasteiger partial charge >= 0.3 is 0 Å². The van der Waals surface area contributed by atoms with Crippen LogP contribution in [0.4, 0.5) is 11.4 Å². The van der Waals surface area contributed by atoms with Crippen LogP contribution in [0.15, 0.2) is 48.5 Å². The average Bonchev–Trinajstić information content (AvgIpc) is 3.07. The topological polar surface area (TPSA) is 81.8 Å². The Kier molecular flexibility index (Phi) is 7.65. The first-order valence-electron chi connectivity index (χ1n) is 10.7. The third-order valence-corrected chi connectivity index (χ3v) is 5.28. The summed E-state index contributed by atoms with van der Waals surface area (Å²) < 4.78 is 0. The molecule has 164 valence electrons. The van der Waals surface area contributed by atoms with E-state index in [-0.39, 0.29) is 24.3 Å². The van der Waals surface area contributed by atoms with Gasteiger partial charge in [-0.3, -0.25) is 14.4 Å². The van der Waals surface area contributed by atoms with Crippen molar-refractivity contribution >= 4 is 29.1 Å². The number of likely N-dealkylation sites (tertiary alicyclic amines) is 1. The van der Waals surface area contributed by atoms with Crippen LogP contribution in [0, 0.1) is 0 Å². The Morgan fingerprint density at radius 3 is 2.19 bits per heavy atom. The number of hydrogen-bond acceptors (Lipinski definition) is 4. The summed E-state index contributed by atoms with van der Waals surface area (Å²) in [6.45, 7) is 1.68. The van der Waals surface area contributed by atoms with Crippen molar-refractivity contribution in [3.05, 3.63) is 59.7 Å². The van der Waals surface area contributed by atoms with Crippen molar-refractivity contribution in [1.82, 2.24) is 9.80 Å². The molecule has 1 aliphatic heterocycles. The number of benzene rings is 2. The van der Waals surface area contributed by atoms with Gasteiger partial charge in [-0.15, -0.1) is 0 Å². The number of anilines is 2. The van der Waals surface area contributed by atoms with Crippen LogP contribution in [0.3, 0.4) is 0 Å². The van der Waals surface area contributed by atoms with Gasteiger partial charge < -0.3 is 20.4 Å². The summed E-state index contributed by atoms with van der Waals surface area (Å²) in [6.07, 6.45) is 4.47. The highest BCUT2D eigenvalue weighted by atomic mass is 16.2. The minimum Gasteiger partial charge on any atom is -0.376 e. The van der Waals surface area contributed by atoms with Gasteiger partial charge in [-0.2, -0.15) is 0 Å². The summed E-state index contributed by atoms with van der Waals surface area (Å²) >= 11 is 0. The molecule has 2 aromatic carbocycles. The van der Waals surface area contributed by atoms with Gasteiger partial charge in [0.15, 0.2) is 0 Å². The lowest BCUT2D eigenvalue weighted by Crippen LogP contribution is -2.31. The van der Waals surface area contributed by atoms with Crippen LogP contribution in [0.2, 0.25) is 0 Å². The molecule has 1 heterocycles. The van der Waals surface area contributed by atoms with Crippen LogP contribution in [0.1, 0.15) is 46.4 Å². The normalized spacial score (nSPS) is 13.8. The second kappa shape index (κ2) is 10.6. The van der Waals surface area contributed by atoms with Crippen LogP contribution < -0.4 is 10.6 Å². The Balaban J connectivity index is 1.52. The Morgan fingerprint density at radius 1 is 0.871 bits per heavy atom. The van der Waals surface area contributed by atoms with E-state index in [9.17, 15) is 14.4 Å². The molecule has 1 fully saturated rings. The molecule has 2 aromatic rings. The van der Waals surface area contributed by atoms with E-state index in [1.165, 1.54) is 17.7 Å². The lowest BCUT2D eigenvalue weighted by atomic mass is 10.1. The van der Waals surface area contributed by atoms with E-state index in [2.05, 4.69) is 10.6 Å². The van der Waals surface area contributed by atoms with Gasteiger partial charge in [0.25, 0.3) is 11.8 Å². The van der Waals surface area contributed by atoms with Crippen LogP contribution in [-0.4, -0.2) is 61.3 Å². The Bertz CT molecular complexity index is 917. The fourth-order valence-electron chi connectivity index (χ4n) is 3.56. The van der Waals surface area contributed by atoms with Crippen molar-refractivity contribution in [2.75, 3.05) is 44.4 Å². The molecule has 0 aliphatic carbocycles. The van der Waals surface area contributed by atoms with Gasteiger partial charge in [-0.25, -0.2) is 0 Å². The second-order valence-electron chi connectivity index (χ2n) is 7.97. The average molecular weight is 423 g/mol. The van der Waals surface area contributed by atoms with Crippen molar-refractivity contribution in [3.8, 4) is 0 Å². The first-order chi connectivity index (χ1) is 14.9. The SMILES string of the molecule is CN(C)C(=O)c1cccc(NCC(=O)Nc2ccc(C(=O)N3CCCCCC3)cc2)c1. The number of amides is 3. The predicted molar refractivity (Wildman–Crippen MR) is 122 cm³/mol. The van der Waals surface area contributed by atoms with Crippen molar-refractivity contribution in [2.45, 2.75) is 25.7 Å². The number of nitrogens with zero attached hydrogens (tertiary/aromatic N) is 2. The van der Waals surface area contributed by atoms with Crippen LogP contribution in [0.25, 0.3) is 0 Å². The Morgan fingerprint density at radius 2 is 1.55 bits per heavy atom. The first-order valence-corrected chi connectivity index (χ1v) is 10.7. The molecule has 3 rings (SSSR count). The van der Waals surface area contributed by atoms with E-state index in [1.54, 1.807) is 56.6 Å². The van der Waals surface area contributed by atoms with Crippen molar-refractivity contribution in [2.24, 2.45) is 0 Å². The molecule has 2 N–H and O–H groups in total. The molecule has 0 spiro atoms. The van der Waals surface area contributed by atoms with Gasteiger partial charge in [0.2, 0.25) is 5.91 Å². The second-order valence-corrected chi connectivity index (χ2v) is 7.97. The molecule has 0 radical (unpaired) electrons. The van der Waals surface area contributed by atoms with Gasteiger partial charge in [-0.1, -0.05) is 18.9 Å². The summed E-state index contributed by atoms with van der Waals surface area (Å²) in [5, 5.41) is 5.86. The van der Waals surface area contributed by atoms with E-state index in [4.69, 9.17) is 0 Å². The van der Waals surface area contributed by atoms with Crippen LogP contribution in [0.5, 0.6) is 0 Å². The van der Waals surface area contributed by atoms with Crippen molar-refractivity contribution in [1.29, 1.82) is 0 Å². The van der Waals surface area contributed by atoms with Crippen LogP contribution in [-0.2, 0) is 4.79 Å². The molecule has 31 heavy (non-hydrogen) atoms. The third-order valence-electron chi connectivity index (χ3n) is 5.28. The van der Waals surface area contributed by atoms with Gasteiger partial charge in [0.05, 0.1) is 6.54 Å². The van der Waals surface area contributed by atoms with Gasteiger partial charge in [0, 0.05) is 49.7 Å². The minimum atomic E-state index is -0.212. The summed E-state index contributed by atoms with van der Waals surface area (Å²) in [5.41, 5.74) is 2.53. The molecular formula is C24H30N4O3. The molecular weight excluding hydrogens is 392 g/mol. The maximum Gasteiger partial charge on any atom is 0.253 e. The molecule has 0 aromatic heterocycles. The fraction of sp³-hybridized carbons (Fsp3) is 0.375. The molecule has 7 heteroatoms. The molecule has 0 bridgehead atoms. The van der Waals surface area contributed by atoms with Crippen LogP contribution >= 0.6 is 0 Å². The highest BCUT2D eigenvalue weighted by molar-refractivity contribution is 5.97. The Hall–Kier alpha value is -3.35. The highest BCUT2D eigenvalue weighted by Gasteiger charge is 2.17. The molecule has 3 amide bonds. The molecule has 1 saturated heterocycles. The van der Waals surface area contributed by atoms with Crippen molar-refractivity contribution in [3.63, 3.8) is 0 Å². The lowest BCUT2D eigenvalue weighted by molar-refractivity contribution is -0.114. The maximum absolute atomic E-state index is 12.7. The standard InChI is InChI=1S/C24H30N4O3/c1-27(2)23(30)19-8-7-9-21(16-19)25-17-22(29)26-20-12-10-18(11-13-20)24(31)28-14-5-3-4-6-15-28/h7-13,16,25H,3-6,14-15,17H2,1-2H3,(H,26,29). The monoisotopic (exact) mass is 422 g/mol. The quantitative estimate of drug-likeness (QED) is 0.747. The summed E-state index contributed by atoms with van der Waals surface area (Å²) in [7, 11) is 3.39. The van der Waals surface area contributed by atoms with Gasteiger partial charge in [-0.05, 0) is 55.3 Å².